The quantitative estimate of drug-likeness (QED) is 0.267. The zero-order valence-electron chi connectivity index (χ0n) is 16.3. The van der Waals surface area contributed by atoms with E-state index in [-0.39, 0.29) is 11.2 Å². The number of rotatable bonds is 5. The smallest absolute Gasteiger partial charge is 0.352 e. The van der Waals surface area contributed by atoms with E-state index in [2.05, 4.69) is 0 Å². The maximum Gasteiger partial charge on any atom is 0.352 e. The minimum Gasteiger partial charge on any atom is -0.479 e. The minimum atomic E-state index is -0.851. The number of carbonyl (C=O) groups excluding carboxylic acids is 1. The summed E-state index contributed by atoms with van der Waals surface area (Å²) >= 11 is 11.8. The molecule has 0 amide bonds. The number of hydrogen-bond acceptors (Lipinski definition) is 5. The van der Waals surface area contributed by atoms with Gasteiger partial charge in [-0.3, -0.25) is 4.79 Å². The number of benzene rings is 3. The van der Waals surface area contributed by atoms with Crippen LogP contribution in [0.1, 0.15) is 6.92 Å². The van der Waals surface area contributed by atoms with Gasteiger partial charge in [-0.2, -0.15) is 0 Å². The monoisotopic (exact) mass is 454 g/mol. The van der Waals surface area contributed by atoms with Crippen LogP contribution in [0.4, 0.5) is 0 Å². The molecule has 0 aliphatic heterocycles. The highest BCUT2D eigenvalue weighted by Gasteiger charge is 2.18. The van der Waals surface area contributed by atoms with E-state index in [1.54, 1.807) is 61.5 Å². The third-order valence-corrected chi connectivity index (χ3v) is 5.08. The van der Waals surface area contributed by atoms with E-state index in [0.29, 0.717) is 37.9 Å². The summed E-state index contributed by atoms with van der Waals surface area (Å²) < 4.78 is 16.6. The predicted molar refractivity (Wildman–Crippen MR) is 120 cm³/mol. The van der Waals surface area contributed by atoms with Crippen LogP contribution in [0.2, 0.25) is 10.0 Å². The molecular formula is C24H16Cl2O5. The van der Waals surface area contributed by atoms with Crippen LogP contribution in [0.5, 0.6) is 11.5 Å². The second-order valence-electron chi connectivity index (χ2n) is 6.78. The molecule has 0 saturated carbocycles. The zero-order chi connectivity index (χ0) is 22.0. The van der Waals surface area contributed by atoms with E-state index in [4.69, 9.17) is 37.1 Å². The molecule has 0 aliphatic rings. The Hall–Kier alpha value is -3.28. The summed E-state index contributed by atoms with van der Waals surface area (Å²) in [4.78, 5) is 25.2. The second-order valence-corrected chi connectivity index (χ2v) is 7.65. The van der Waals surface area contributed by atoms with Crippen molar-refractivity contribution in [3.05, 3.63) is 93.3 Å². The van der Waals surface area contributed by atoms with Gasteiger partial charge in [0.25, 0.3) is 0 Å². The highest BCUT2D eigenvalue weighted by atomic mass is 35.5. The number of ether oxygens (including phenoxy) is 2. The van der Waals surface area contributed by atoms with Gasteiger partial charge in [0, 0.05) is 16.1 Å². The first-order valence-electron chi connectivity index (χ1n) is 9.36. The van der Waals surface area contributed by atoms with E-state index in [0.717, 1.165) is 0 Å². The summed E-state index contributed by atoms with van der Waals surface area (Å²) in [5.41, 5.74) is 1.22. The number of esters is 1. The average molecular weight is 455 g/mol. The van der Waals surface area contributed by atoms with Gasteiger partial charge in [-0.15, -0.1) is 0 Å². The molecule has 1 heterocycles. The first kappa shape index (κ1) is 21.0. The Morgan fingerprint density at radius 3 is 2.19 bits per heavy atom. The van der Waals surface area contributed by atoms with Crippen LogP contribution in [0, 0.1) is 0 Å². The van der Waals surface area contributed by atoms with Gasteiger partial charge < -0.3 is 13.9 Å². The molecule has 3 aromatic carbocycles. The van der Waals surface area contributed by atoms with Crippen LogP contribution in [-0.2, 0) is 4.79 Å². The fraction of sp³-hybridized carbons (Fsp3) is 0.0833. The van der Waals surface area contributed by atoms with Crippen LogP contribution in [0.15, 0.2) is 82.2 Å². The molecule has 4 aromatic rings. The van der Waals surface area contributed by atoms with Crippen LogP contribution < -0.4 is 14.9 Å². The third-order valence-electron chi connectivity index (χ3n) is 4.58. The Balaban J connectivity index is 1.53. The van der Waals surface area contributed by atoms with Crippen molar-refractivity contribution in [1.29, 1.82) is 0 Å². The van der Waals surface area contributed by atoms with Crippen LogP contribution in [0.25, 0.3) is 22.1 Å². The first-order chi connectivity index (χ1) is 14.9. The molecule has 0 N–H and O–H groups in total. The molecule has 0 radical (unpaired) electrons. The van der Waals surface area contributed by atoms with E-state index >= 15 is 0 Å². The van der Waals surface area contributed by atoms with Gasteiger partial charge in [-0.25, -0.2) is 4.79 Å². The standard InChI is InChI=1S/C24H16Cl2O5/c1-14(30-18-8-6-17(26)7-9-18)24(28)31-19-10-11-20-22(12-19)29-13-21(23(20)27)15-2-4-16(25)5-3-15/h2-14H,1H3. The van der Waals surface area contributed by atoms with Crippen LogP contribution in [0.3, 0.4) is 0 Å². The van der Waals surface area contributed by atoms with Crippen LogP contribution in [-0.4, -0.2) is 12.1 Å². The first-order valence-corrected chi connectivity index (χ1v) is 10.1. The number of carbonyl (C=O) groups is 1. The third kappa shape index (κ3) is 4.74. The fourth-order valence-corrected chi connectivity index (χ4v) is 3.22. The van der Waals surface area contributed by atoms with Crippen molar-refractivity contribution in [3.8, 4) is 22.6 Å². The van der Waals surface area contributed by atoms with Crippen molar-refractivity contribution < 1.29 is 18.7 Å². The Morgan fingerprint density at radius 1 is 0.903 bits per heavy atom. The van der Waals surface area contributed by atoms with Crippen molar-refractivity contribution in [2.45, 2.75) is 13.0 Å². The highest BCUT2D eigenvalue weighted by Crippen LogP contribution is 2.25. The van der Waals surface area contributed by atoms with Crippen molar-refractivity contribution in [2.24, 2.45) is 0 Å². The summed E-state index contributed by atoms with van der Waals surface area (Å²) in [5.74, 6) is 0.147. The fourth-order valence-electron chi connectivity index (χ4n) is 2.97. The lowest BCUT2D eigenvalue weighted by molar-refractivity contribution is -0.141. The lowest BCUT2D eigenvalue weighted by Gasteiger charge is -2.14. The Labute approximate surface area is 187 Å². The molecule has 1 unspecified atom stereocenters. The Kier molecular flexibility index (Phi) is 5.98. The highest BCUT2D eigenvalue weighted by molar-refractivity contribution is 6.30. The molecule has 0 saturated heterocycles. The lowest BCUT2D eigenvalue weighted by Crippen LogP contribution is -2.28. The summed E-state index contributed by atoms with van der Waals surface area (Å²) in [6.07, 6.45) is 0.530. The maximum absolute atomic E-state index is 12.9. The Morgan fingerprint density at radius 2 is 1.52 bits per heavy atom. The molecule has 0 spiro atoms. The molecule has 5 nitrogen and oxygen atoms in total. The van der Waals surface area contributed by atoms with Crippen molar-refractivity contribution >= 4 is 40.1 Å². The predicted octanol–water partition coefficient (Wildman–Crippen LogP) is 6.14. The topological polar surface area (TPSA) is 65.7 Å². The molecule has 156 valence electrons. The van der Waals surface area contributed by atoms with Gasteiger partial charge in [0.1, 0.15) is 23.3 Å². The van der Waals surface area contributed by atoms with Crippen molar-refractivity contribution in [1.82, 2.24) is 0 Å². The van der Waals surface area contributed by atoms with Crippen molar-refractivity contribution in [2.75, 3.05) is 0 Å². The number of hydrogen-bond donors (Lipinski definition) is 0. The normalized spacial score (nSPS) is 11.8. The molecular weight excluding hydrogens is 439 g/mol. The maximum atomic E-state index is 12.9. The molecule has 0 aliphatic carbocycles. The molecule has 4 rings (SSSR count). The Bertz CT molecular complexity index is 1290. The number of fused-ring (bicyclic) bond motifs is 1. The van der Waals surface area contributed by atoms with Crippen LogP contribution >= 0.6 is 23.2 Å². The molecule has 31 heavy (non-hydrogen) atoms. The summed E-state index contributed by atoms with van der Waals surface area (Å²) in [6.45, 7) is 1.58. The van der Waals surface area contributed by atoms with Gasteiger partial charge >= 0.3 is 5.97 Å². The molecule has 0 bridgehead atoms. The van der Waals surface area contributed by atoms with E-state index in [1.165, 1.54) is 18.4 Å². The largest absolute Gasteiger partial charge is 0.479 e. The lowest BCUT2D eigenvalue weighted by atomic mass is 10.1. The summed E-state index contributed by atoms with van der Waals surface area (Å²) in [6, 6.07) is 18.2. The SMILES string of the molecule is CC(Oc1ccc(Cl)cc1)C(=O)Oc1ccc2c(=O)c(-c3ccc(Cl)cc3)coc2c1. The summed E-state index contributed by atoms with van der Waals surface area (Å²) in [5, 5.41) is 1.52. The molecule has 0 fully saturated rings. The van der Waals surface area contributed by atoms with Gasteiger partial charge in [0.2, 0.25) is 0 Å². The molecule has 1 aromatic heterocycles. The molecule has 1 atom stereocenters. The van der Waals surface area contributed by atoms with E-state index in [1.807, 2.05) is 0 Å². The summed E-state index contributed by atoms with van der Waals surface area (Å²) in [7, 11) is 0. The average Bonchev–Trinajstić information content (AvgIpc) is 2.76. The van der Waals surface area contributed by atoms with Gasteiger partial charge in [0.05, 0.1) is 10.9 Å². The minimum absolute atomic E-state index is 0.194. The van der Waals surface area contributed by atoms with Gasteiger partial charge in [-0.05, 0) is 61.0 Å². The van der Waals surface area contributed by atoms with Gasteiger partial charge in [-0.1, -0.05) is 35.3 Å². The second kappa shape index (κ2) is 8.84. The zero-order valence-corrected chi connectivity index (χ0v) is 17.8. The number of halogens is 2. The van der Waals surface area contributed by atoms with E-state index in [9.17, 15) is 9.59 Å². The van der Waals surface area contributed by atoms with E-state index < -0.39 is 12.1 Å². The molecule has 7 heteroatoms. The van der Waals surface area contributed by atoms with Crippen molar-refractivity contribution in [3.63, 3.8) is 0 Å². The van der Waals surface area contributed by atoms with Gasteiger partial charge in [0.15, 0.2) is 11.5 Å².